The van der Waals surface area contributed by atoms with E-state index in [9.17, 15) is 18.0 Å². The number of methoxy groups -OCH3 is 1. The van der Waals surface area contributed by atoms with Gasteiger partial charge in [-0.1, -0.05) is 12.1 Å². The number of ether oxygens (including phenoxy) is 1. The molecule has 1 aromatic carbocycles. The van der Waals surface area contributed by atoms with E-state index >= 15 is 0 Å². The second kappa shape index (κ2) is 6.04. The Morgan fingerprint density at radius 1 is 1.41 bits per heavy atom. The highest BCUT2D eigenvalue weighted by Gasteiger charge is 2.38. The first-order valence-corrected chi connectivity index (χ1v) is 6.24. The summed E-state index contributed by atoms with van der Waals surface area (Å²) in [7, 11) is 1.37. The van der Waals surface area contributed by atoms with E-state index in [1.54, 1.807) is 6.92 Å². The first kappa shape index (κ1) is 15.8. The van der Waals surface area contributed by atoms with E-state index in [0.29, 0.717) is 5.69 Å². The maximum Gasteiger partial charge on any atom is 0.471 e. The van der Waals surface area contributed by atoms with Gasteiger partial charge < -0.3 is 14.6 Å². The molecule has 0 radical (unpaired) electrons. The van der Waals surface area contributed by atoms with Gasteiger partial charge in [0.15, 0.2) is 0 Å². The van der Waals surface area contributed by atoms with E-state index in [1.165, 1.54) is 25.3 Å². The third kappa shape index (κ3) is 3.35. The van der Waals surface area contributed by atoms with Crippen LogP contribution in [0, 0.1) is 0 Å². The SMILES string of the molecule is CCC(=O)Nc1ccc(-c2noc(C(F)(F)F)n2)cc1OC. The number of anilines is 1. The average Bonchev–Trinajstić information content (AvgIpc) is 2.97. The van der Waals surface area contributed by atoms with E-state index < -0.39 is 12.1 Å². The van der Waals surface area contributed by atoms with Crippen LogP contribution in [0.4, 0.5) is 18.9 Å². The number of amides is 1. The summed E-state index contributed by atoms with van der Waals surface area (Å²) in [5.41, 5.74) is 0.670. The zero-order valence-corrected chi connectivity index (χ0v) is 11.7. The fourth-order valence-corrected chi connectivity index (χ4v) is 1.63. The molecule has 0 saturated carbocycles. The number of benzene rings is 1. The van der Waals surface area contributed by atoms with Gasteiger partial charge in [-0.05, 0) is 18.2 Å². The summed E-state index contributed by atoms with van der Waals surface area (Å²) < 4.78 is 46.6. The number of halogens is 3. The topological polar surface area (TPSA) is 77.3 Å². The zero-order chi connectivity index (χ0) is 16.3. The molecule has 0 aliphatic heterocycles. The zero-order valence-electron chi connectivity index (χ0n) is 11.7. The molecule has 118 valence electrons. The van der Waals surface area contributed by atoms with Crippen molar-refractivity contribution < 1.29 is 27.2 Å². The standard InChI is InChI=1S/C13H12F3N3O3/c1-3-10(20)17-8-5-4-7(6-9(8)21-2)11-18-12(22-19-11)13(14,15)16/h4-6H,3H2,1-2H3,(H,17,20). The van der Waals surface area contributed by atoms with Crippen LogP contribution >= 0.6 is 0 Å². The number of hydrogen-bond donors (Lipinski definition) is 1. The maximum atomic E-state index is 12.4. The summed E-state index contributed by atoms with van der Waals surface area (Å²) in [6, 6.07) is 4.36. The van der Waals surface area contributed by atoms with Crippen molar-refractivity contribution in [3.63, 3.8) is 0 Å². The molecular weight excluding hydrogens is 303 g/mol. The van der Waals surface area contributed by atoms with Crippen LogP contribution in [0.5, 0.6) is 5.75 Å². The number of rotatable bonds is 4. The molecule has 0 fully saturated rings. The Bertz CT molecular complexity index is 683. The molecule has 0 atom stereocenters. The Morgan fingerprint density at radius 3 is 2.68 bits per heavy atom. The van der Waals surface area contributed by atoms with Crippen molar-refractivity contribution >= 4 is 11.6 Å². The van der Waals surface area contributed by atoms with Gasteiger partial charge in [0.1, 0.15) is 5.75 Å². The van der Waals surface area contributed by atoms with Crippen molar-refractivity contribution in [3.8, 4) is 17.1 Å². The van der Waals surface area contributed by atoms with Crippen LogP contribution in [0.2, 0.25) is 0 Å². The molecule has 6 nitrogen and oxygen atoms in total. The van der Waals surface area contributed by atoms with Crippen molar-refractivity contribution in [1.82, 2.24) is 10.1 Å². The van der Waals surface area contributed by atoms with Gasteiger partial charge in [0, 0.05) is 12.0 Å². The van der Waals surface area contributed by atoms with Crippen molar-refractivity contribution in [3.05, 3.63) is 24.1 Å². The van der Waals surface area contributed by atoms with Crippen molar-refractivity contribution in [2.75, 3.05) is 12.4 Å². The van der Waals surface area contributed by atoms with Gasteiger partial charge in [0.05, 0.1) is 12.8 Å². The maximum absolute atomic E-state index is 12.4. The molecule has 2 rings (SSSR count). The summed E-state index contributed by atoms with van der Waals surface area (Å²) >= 11 is 0. The normalized spacial score (nSPS) is 11.3. The lowest BCUT2D eigenvalue weighted by Crippen LogP contribution is -2.10. The Labute approximate surface area is 123 Å². The molecule has 0 bridgehead atoms. The van der Waals surface area contributed by atoms with Gasteiger partial charge in [0.2, 0.25) is 11.7 Å². The summed E-state index contributed by atoms with van der Waals surface area (Å²) in [6.45, 7) is 1.69. The van der Waals surface area contributed by atoms with E-state index in [0.717, 1.165) is 0 Å². The lowest BCUT2D eigenvalue weighted by molar-refractivity contribution is -0.159. The first-order chi connectivity index (χ1) is 10.3. The molecule has 1 heterocycles. The summed E-state index contributed by atoms with van der Waals surface area (Å²) in [5.74, 6) is -1.59. The van der Waals surface area contributed by atoms with Crippen molar-refractivity contribution in [2.45, 2.75) is 19.5 Å². The number of carbonyl (C=O) groups is 1. The molecule has 1 N–H and O–H groups in total. The van der Waals surface area contributed by atoms with Gasteiger partial charge in [-0.25, -0.2) is 0 Å². The highest BCUT2D eigenvalue weighted by molar-refractivity contribution is 5.92. The summed E-state index contributed by atoms with van der Waals surface area (Å²) in [4.78, 5) is 14.7. The molecule has 1 aromatic heterocycles. The lowest BCUT2D eigenvalue weighted by atomic mass is 10.1. The molecule has 2 aromatic rings. The molecular formula is C13H12F3N3O3. The van der Waals surface area contributed by atoms with Crippen LogP contribution < -0.4 is 10.1 Å². The second-order valence-electron chi connectivity index (χ2n) is 4.24. The Kier molecular flexibility index (Phi) is 4.34. The monoisotopic (exact) mass is 315 g/mol. The Morgan fingerprint density at radius 2 is 2.14 bits per heavy atom. The van der Waals surface area contributed by atoms with E-state index in [-0.39, 0.29) is 29.5 Å². The van der Waals surface area contributed by atoms with Crippen LogP contribution in [0.3, 0.4) is 0 Å². The number of hydrogen-bond acceptors (Lipinski definition) is 5. The van der Waals surface area contributed by atoms with E-state index in [1.807, 2.05) is 0 Å². The molecule has 0 spiro atoms. The highest BCUT2D eigenvalue weighted by atomic mass is 19.4. The number of aromatic nitrogens is 2. The van der Waals surface area contributed by atoms with Crippen molar-refractivity contribution in [2.24, 2.45) is 0 Å². The van der Waals surface area contributed by atoms with Crippen LogP contribution in [0.1, 0.15) is 19.2 Å². The molecule has 0 aliphatic rings. The minimum absolute atomic E-state index is 0.218. The predicted molar refractivity (Wildman–Crippen MR) is 70.2 cm³/mol. The number of carbonyl (C=O) groups excluding carboxylic acids is 1. The number of nitrogens with one attached hydrogen (secondary N) is 1. The summed E-state index contributed by atoms with van der Waals surface area (Å²) in [6.07, 6.45) is -4.42. The van der Waals surface area contributed by atoms with Gasteiger partial charge >= 0.3 is 12.1 Å². The fourth-order valence-electron chi connectivity index (χ4n) is 1.63. The van der Waals surface area contributed by atoms with Crippen LogP contribution in [0.15, 0.2) is 22.7 Å². The van der Waals surface area contributed by atoms with Gasteiger partial charge in [-0.15, -0.1) is 0 Å². The third-order valence-corrected chi connectivity index (χ3v) is 2.72. The van der Waals surface area contributed by atoms with Crippen LogP contribution in [-0.2, 0) is 11.0 Å². The molecule has 1 amide bonds. The minimum Gasteiger partial charge on any atom is -0.495 e. The second-order valence-corrected chi connectivity index (χ2v) is 4.24. The smallest absolute Gasteiger partial charge is 0.471 e. The van der Waals surface area contributed by atoms with E-state index in [2.05, 4.69) is 20.0 Å². The fraction of sp³-hybridized carbons (Fsp3) is 0.308. The minimum atomic E-state index is -4.70. The predicted octanol–water partition coefficient (Wildman–Crippen LogP) is 3.11. The highest BCUT2D eigenvalue weighted by Crippen LogP contribution is 2.32. The summed E-state index contributed by atoms with van der Waals surface area (Å²) in [5, 5.41) is 5.90. The number of nitrogens with zero attached hydrogens (tertiary/aromatic N) is 2. The number of alkyl halides is 3. The first-order valence-electron chi connectivity index (χ1n) is 6.24. The molecule has 0 saturated heterocycles. The van der Waals surface area contributed by atoms with Gasteiger partial charge in [-0.2, -0.15) is 18.2 Å². The molecule has 0 unspecified atom stereocenters. The van der Waals surface area contributed by atoms with E-state index in [4.69, 9.17) is 4.74 Å². The Balaban J connectivity index is 2.33. The van der Waals surface area contributed by atoms with Crippen molar-refractivity contribution in [1.29, 1.82) is 0 Å². The average molecular weight is 315 g/mol. The van der Waals surface area contributed by atoms with Gasteiger partial charge in [0.25, 0.3) is 0 Å². The van der Waals surface area contributed by atoms with Gasteiger partial charge in [-0.3, -0.25) is 4.79 Å². The van der Waals surface area contributed by atoms with Crippen LogP contribution in [-0.4, -0.2) is 23.2 Å². The molecule has 0 aliphatic carbocycles. The molecule has 22 heavy (non-hydrogen) atoms. The quantitative estimate of drug-likeness (QED) is 0.938. The largest absolute Gasteiger partial charge is 0.495 e. The lowest BCUT2D eigenvalue weighted by Gasteiger charge is -2.10. The van der Waals surface area contributed by atoms with Crippen LogP contribution in [0.25, 0.3) is 11.4 Å². The molecule has 9 heteroatoms. The third-order valence-electron chi connectivity index (χ3n) is 2.72. The Hall–Kier alpha value is -2.58.